The molecular weight excluding hydrogens is 362 g/mol. The molecule has 1 aliphatic rings. The number of ether oxygens (including phenoxy) is 3. The van der Waals surface area contributed by atoms with Crippen molar-refractivity contribution in [2.75, 3.05) is 20.8 Å². The van der Waals surface area contributed by atoms with Crippen LogP contribution in [-0.4, -0.2) is 48.7 Å². The van der Waals surface area contributed by atoms with Crippen LogP contribution >= 0.6 is 0 Å². The van der Waals surface area contributed by atoms with Gasteiger partial charge in [0.15, 0.2) is 11.5 Å². The fraction of sp³-hybridized carbons (Fsp3) is 0.333. The van der Waals surface area contributed by atoms with Crippen LogP contribution in [0.1, 0.15) is 28.8 Å². The minimum absolute atomic E-state index is 0.300. The summed E-state index contributed by atoms with van der Waals surface area (Å²) in [4.78, 5) is 25.7. The third-order valence-corrected chi connectivity index (χ3v) is 4.73. The van der Waals surface area contributed by atoms with Crippen molar-refractivity contribution in [2.45, 2.75) is 25.5 Å². The van der Waals surface area contributed by atoms with E-state index in [0.29, 0.717) is 48.8 Å². The first-order chi connectivity index (χ1) is 13.5. The smallest absolute Gasteiger partial charge is 0.326 e. The summed E-state index contributed by atoms with van der Waals surface area (Å²) in [5.41, 5.74) is 1.28. The van der Waals surface area contributed by atoms with E-state index in [4.69, 9.17) is 14.2 Å². The van der Waals surface area contributed by atoms with Crippen LogP contribution < -0.4 is 14.2 Å². The number of benzene rings is 2. The van der Waals surface area contributed by atoms with Crippen LogP contribution in [-0.2, 0) is 11.4 Å². The number of carbonyl (C=O) groups excluding carboxylic acids is 1. The lowest BCUT2D eigenvalue weighted by atomic mass is 10.1. The number of likely N-dealkylation sites (tertiary alicyclic amines) is 1. The fourth-order valence-corrected chi connectivity index (χ4v) is 3.31. The van der Waals surface area contributed by atoms with E-state index in [1.807, 2.05) is 30.3 Å². The molecule has 0 bridgehead atoms. The molecule has 0 radical (unpaired) electrons. The average molecular weight is 385 g/mol. The van der Waals surface area contributed by atoms with Gasteiger partial charge in [-0.05, 0) is 30.5 Å². The summed E-state index contributed by atoms with van der Waals surface area (Å²) in [6.07, 6.45) is 1.11. The Balaban J connectivity index is 1.88. The highest BCUT2D eigenvalue weighted by Gasteiger charge is 2.35. The normalized spacial score (nSPS) is 15.9. The molecule has 1 fully saturated rings. The molecule has 1 unspecified atom stereocenters. The molecule has 1 amide bonds. The number of amides is 1. The van der Waals surface area contributed by atoms with Crippen molar-refractivity contribution in [3.05, 3.63) is 53.6 Å². The topological polar surface area (TPSA) is 85.3 Å². The molecule has 0 aromatic heterocycles. The van der Waals surface area contributed by atoms with Crippen LogP contribution in [0.2, 0.25) is 0 Å². The maximum atomic E-state index is 12.9. The molecule has 7 heteroatoms. The van der Waals surface area contributed by atoms with Gasteiger partial charge in [-0.2, -0.15) is 0 Å². The average Bonchev–Trinajstić information content (AvgIpc) is 3.22. The molecule has 0 spiro atoms. The van der Waals surface area contributed by atoms with Crippen molar-refractivity contribution >= 4 is 11.9 Å². The number of carboxylic acid groups (broad SMARTS) is 1. The molecule has 1 heterocycles. The van der Waals surface area contributed by atoms with E-state index in [1.165, 1.54) is 19.1 Å². The molecule has 2 aromatic rings. The molecule has 148 valence electrons. The quantitative estimate of drug-likeness (QED) is 0.789. The maximum Gasteiger partial charge on any atom is 0.326 e. The van der Waals surface area contributed by atoms with Crippen LogP contribution in [0.4, 0.5) is 0 Å². The lowest BCUT2D eigenvalue weighted by Crippen LogP contribution is -2.40. The van der Waals surface area contributed by atoms with Gasteiger partial charge in [0.05, 0.1) is 14.2 Å². The monoisotopic (exact) mass is 385 g/mol. The Bertz CT molecular complexity index is 826. The van der Waals surface area contributed by atoms with Crippen LogP contribution in [0.25, 0.3) is 0 Å². The molecular formula is C21H23NO6. The van der Waals surface area contributed by atoms with Gasteiger partial charge >= 0.3 is 5.97 Å². The van der Waals surface area contributed by atoms with Gasteiger partial charge in [0.25, 0.3) is 5.91 Å². The summed E-state index contributed by atoms with van der Waals surface area (Å²) in [6, 6.07) is 12.0. The van der Waals surface area contributed by atoms with Crippen LogP contribution in [0.3, 0.4) is 0 Å². The molecule has 1 saturated heterocycles. The Hall–Kier alpha value is -3.22. The largest absolute Gasteiger partial charge is 0.493 e. The number of nitrogens with zero attached hydrogens (tertiary/aromatic N) is 1. The van der Waals surface area contributed by atoms with Crippen molar-refractivity contribution in [1.82, 2.24) is 4.90 Å². The van der Waals surface area contributed by atoms with Crippen LogP contribution in [0.5, 0.6) is 17.2 Å². The number of rotatable bonds is 7. The van der Waals surface area contributed by atoms with Crippen molar-refractivity contribution in [3.8, 4) is 17.2 Å². The predicted octanol–water partition coefficient (Wildman–Crippen LogP) is 2.97. The zero-order valence-electron chi connectivity index (χ0n) is 15.9. The second-order valence-electron chi connectivity index (χ2n) is 6.48. The first-order valence-corrected chi connectivity index (χ1v) is 9.01. The zero-order valence-corrected chi connectivity index (χ0v) is 15.9. The van der Waals surface area contributed by atoms with Gasteiger partial charge in [-0.3, -0.25) is 4.79 Å². The molecule has 1 N–H and O–H groups in total. The summed E-state index contributed by atoms with van der Waals surface area (Å²) in [7, 11) is 2.96. The number of hydrogen-bond donors (Lipinski definition) is 1. The maximum absolute atomic E-state index is 12.9. The molecule has 1 atom stereocenters. The van der Waals surface area contributed by atoms with E-state index in [0.717, 1.165) is 5.56 Å². The first kappa shape index (κ1) is 19.5. The Kier molecular flexibility index (Phi) is 6.03. The molecule has 2 aromatic carbocycles. The van der Waals surface area contributed by atoms with Gasteiger partial charge in [0.2, 0.25) is 5.75 Å². The van der Waals surface area contributed by atoms with Gasteiger partial charge in [-0.15, -0.1) is 0 Å². The van der Waals surface area contributed by atoms with Crippen molar-refractivity contribution in [2.24, 2.45) is 0 Å². The van der Waals surface area contributed by atoms with Crippen LogP contribution in [0.15, 0.2) is 42.5 Å². The van der Waals surface area contributed by atoms with E-state index in [1.54, 1.807) is 12.1 Å². The number of hydrogen-bond acceptors (Lipinski definition) is 5. The first-order valence-electron chi connectivity index (χ1n) is 9.01. The highest BCUT2D eigenvalue weighted by molar-refractivity contribution is 5.98. The second kappa shape index (κ2) is 8.65. The minimum Gasteiger partial charge on any atom is -0.493 e. The van der Waals surface area contributed by atoms with E-state index in [-0.39, 0.29) is 5.91 Å². The van der Waals surface area contributed by atoms with Crippen molar-refractivity contribution < 1.29 is 28.9 Å². The number of carboxylic acids is 1. The highest BCUT2D eigenvalue weighted by Crippen LogP contribution is 2.39. The molecule has 0 aliphatic carbocycles. The third kappa shape index (κ3) is 4.03. The summed E-state index contributed by atoms with van der Waals surface area (Å²) < 4.78 is 16.7. The van der Waals surface area contributed by atoms with Gasteiger partial charge < -0.3 is 24.2 Å². The van der Waals surface area contributed by atoms with Gasteiger partial charge in [0.1, 0.15) is 12.6 Å². The van der Waals surface area contributed by atoms with Crippen molar-refractivity contribution in [3.63, 3.8) is 0 Å². The second-order valence-corrected chi connectivity index (χ2v) is 6.48. The van der Waals surface area contributed by atoms with Gasteiger partial charge in [-0.25, -0.2) is 4.79 Å². The standard InChI is InChI=1S/C21H23NO6/c1-26-17-11-15(20(23)22-10-6-9-16(22)21(24)25)12-18(27-2)19(17)28-13-14-7-4-3-5-8-14/h3-5,7-8,11-12,16H,6,9-10,13H2,1-2H3,(H,24,25). The molecule has 3 rings (SSSR count). The summed E-state index contributed by atoms with van der Waals surface area (Å²) in [5, 5.41) is 9.34. The Morgan fingerprint density at radius 2 is 1.75 bits per heavy atom. The summed E-state index contributed by atoms with van der Waals surface area (Å²) in [6.45, 7) is 0.723. The van der Waals surface area contributed by atoms with E-state index in [9.17, 15) is 14.7 Å². The van der Waals surface area contributed by atoms with E-state index < -0.39 is 12.0 Å². The van der Waals surface area contributed by atoms with E-state index in [2.05, 4.69) is 0 Å². The molecule has 0 saturated carbocycles. The Labute approximate surface area is 163 Å². The summed E-state index contributed by atoms with van der Waals surface area (Å²) >= 11 is 0. The highest BCUT2D eigenvalue weighted by atomic mass is 16.5. The number of aliphatic carboxylic acids is 1. The van der Waals surface area contributed by atoms with Gasteiger partial charge in [-0.1, -0.05) is 30.3 Å². The van der Waals surface area contributed by atoms with Crippen LogP contribution in [0, 0.1) is 0 Å². The zero-order chi connectivity index (χ0) is 20.1. The Morgan fingerprint density at radius 1 is 1.11 bits per heavy atom. The number of carbonyl (C=O) groups is 2. The third-order valence-electron chi connectivity index (χ3n) is 4.73. The number of methoxy groups -OCH3 is 2. The molecule has 28 heavy (non-hydrogen) atoms. The molecule has 1 aliphatic heterocycles. The minimum atomic E-state index is -0.993. The fourth-order valence-electron chi connectivity index (χ4n) is 3.31. The Morgan fingerprint density at radius 3 is 2.32 bits per heavy atom. The summed E-state index contributed by atoms with van der Waals surface area (Å²) in [5.74, 6) is -0.264. The van der Waals surface area contributed by atoms with Gasteiger partial charge in [0, 0.05) is 12.1 Å². The lowest BCUT2D eigenvalue weighted by molar-refractivity contribution is -0.141. The lowest BCUT2D eigenvalue weighted by Gasteiger charge is -2.22. The molecule has 7 nitrogen and oxygen atoms in total. The van der Waals surface area contributed by atoms with E-state index >= 15 is 0 Å². The predicted molar refractivity (Wildman–Crippen MR) is 102 cm³/mol. The van der Waals surface area contributed by atoms with Crippen molar-refractivity contribution in [1.29, 1.82) is 0 Å². The SMILES string of the molecule is COc1cc(C(=O)N2CCCC2C(=O)O)cc(OC)c1OCc1ccccc1.